The third-order valence-corrected chi connectivity index (χ3v) is 2.86. The molecule has 1 aromatic rings. The number of anilines is 1. The maximum absolute atomic E-state index is 11.7. The Morgan fingerprint density at radius 2 is 2.24 bits per heavy atom. The Morgan fingerprint density at radius 3 is 2.88 bits per heavy atom. The van der Waals surface area contributed by atoms with Crippen molar-refractivity contribution in [1.82, 2.24) is 9.71 Å². The maximum atomic E-state index is 11.7. The van der Waals surface area contributed by atoms with E-state index in [1.807, 2.05) is 13.8 Å². The van der Waals surface area contributed by atoms with E-state index in [-0.39, 0.29) is 16.3 Å². The molecule has 0 fully saturated rings. The number of rotatable bonds is 2. The van der Waals surface area contributed by atoms with Crippen molar-refractivity contribution in [3.63, 3.8) is 0 Å². The van der Waals surface area contributed by atoms with E-state index in [9.17, 15) is 14.8 Å². The number of H-pyrrole nitrogens is 1. The van der Waals surface area contributed by atoms with E-state index in [0.717, 1.165) is 6.42 Å². The van der Waals surface area contributed by atoms with Gasteiger partial charge in [0.1, 0.15) is 5.82 Å². The zero-order valence-electron chi connectivity index (χ0n) is 9.60. The van der Waals surface area contributed by atoms with Crippen LogP contribution in [0.25, 0.3) is 6.08 Å². The Labute approximate surface area is 97.1 Å². The number of nitrogens with one attached hydrogen (secondary N) is 1. The molecule has 1 aliphatic heterocycles. The van der Waals surface area contributed by atoms with E-state index in [2.05, 4.69) is 10.7 Å². The number of nitrogens with zero attached hydrogens (tertiary/aromatic N) is 2. The van der Waals surface area contributed by atoms with Crippen molar-refractivity contribution in [2.45, 2.75) is 26.3 Å². The van der Waals surface area contributed by atoms with Gasteiger partial charge in [0.25, 0.3) is 5.56 Å². The van der Waals surface area contributed by atoms with Crippen LogP contribution in [0.2, 0.25) is 0 Å². The lowest BCUT2D eigenvalue weighted by Crippen LogP contribution is -2.40. The summed E-state index contributed by atoms with van der Waals surface area (Å²) in [4.78, 5) is 27.3. The maximum Gasteiger partial charge on any atom is 0.363 e. The third kappa shape index (κ3) is 1.68. The molecule has 6 heteroatoms. The summed E-state index contributed by atoms with van der Waals surface area (Å²) < 4.78 is 0.0666. The summed E-state index contributed by atoms with van der Waals surface area (Å²) in [7, 11) is 0. The predicted octanol–water partition coefficient (Wildman–Crippen LogP) is 0.518. The lowest BCUT2D eigenvalue weighted by molar-refractivity contribution is 0.160. The van der Waals surface area contributed by atoms with Gasteiger partial charge in [0.2, 0.25) is 0 Å². The van der Waals surface area contributed by atoms with Crippen LogP contribution in [0.1, 0.15) is 25.8 Å². The van der Waals surface area contributed by atoms with Crippen LogP contribution in [-0.2, 0) is 0 Å². The zero-order valence-corrected chi connectivity index (χ0v) is 9.60. The van der Waals surface area contributed by atoms with Gasteiger partial charge in [-0.1, -0.05) is 11.7 Å². The molecule has 90 valence electrons. The molecule has 0 aliphatic carbocycles. The Morgan fingerprint density at radius 1 is 1.53 bits per heavy atom. The molecule has 2 N–H and O–H groups in total. The molecule has 1 aromatic heterocycles. The van der Waals surface area contributed by atoms with Gasteiger partial charge < -0.3 is 10.1 Å². The van der Waals surface area contributed by atoms with Gasteiger partial charge in [-0.05, 0) is 19.4 Å². The number of hydrogen-bond donors (Lipinski definition) is 2. The molecule has 6 nitrogen and oxygen atoms in total. The van der Waals surface area contributed by atoms with E-state index in [0.29, 0.717) is 5.82 Å². The van der Waals surface area contributed by atoms with Gasteiger partial charge in [-0.15, -0.1) is 5.73 Å². The summed E-state index contributed by atoms with van der Waals surface area (Å²) >= 11 is 0. The third-order valence-electron chi connectivity index (χ3n) is 2.86. The van der Waals surface area contributed by atoms with E-state index in [1.165, 1.54) is 6.08 Å². The van der Waals surface area contributed by atoms with Crippen LogP contribution >= 0.6 is 0 Å². The summed E-state index contributed by atoms with van der Waals surface area (Å²) in [5.41, 5.74) is 1.47. The van der Waals surface area contributed by atoms with Gasteiger partial charge in [0, 0.05) is 12.2 Å². The lowest BCUT2D eigenvalue weighted by Gasteiger charge is -2.28. The molecule has 17 heavy (non-hydrogen) atoms. The normalized spacial score (nSPS) is 14.8. The molecule has 2 rings (SSSR count). The van der Waals surface area contributed by atoms with Crippen LogP contribution in [0.15, 0.2) is 21.5 Å². The smallest absolute Gasteiger partial charge is 0.363 e. The molecule has 0 radical (unpaired) electrons. The Bertz CT molecular complexity index is 620. The molecular formula is C11H13N3O3. The fourth-order valence-corrected chi connectivity index (χ4v) is 1.67. The molecule has 1 unspecified atom stereocenters. The van der Waals surface area contributed by atoms with Gasteiger partial charge in [-0.2, -0.15) is 0 Å². The standard InChI is InChI=1S/C11H13N3O3/c1-3-7(2)13-6-4-5-8-9(13)12-11(16)14(17)10(8)15/h5-7,17H,3H2,1-2H3,(H,12,16). The van der Waals surface area contributed by atoms with Gasteiger partial charge >= 0.3 is 5.69 Å². The Hall–Kier alpha value is -2.20. The largest absolute Gasteiger partial charge is 0.421 e. The SMILES string of the molecule is CCC(C)N1C=C=Cc2c1[nH]c(=O)n(O)c2=O. The molecule has 0 saturated carbocycles. The van der Waals surface area contributed by atoms with Crippen molar-refractivity contribution < 1.29 is 5.21 Å². The van der Waals surface area contributed by atoms with E-state index in [4.69, 9.17) is 0 Å². The number of aromatic nitrogens is 2. The summed E-state index contributed by atoms with van der Waals surface area (Å²) in [5, 5.41) is 9.23. The molecule has 0 spiro atoms. The predicted molar refractivity (Wildman–Crippen MR) is 63.3 cm³/mol. The van der Waals surface area contributed by atoms with E-state index >= 15 is 0 Å². The van der Waals surface area contributed by atoms with Crippen LogP contribution in [0.4, 0.5) is 5.82 Å². The van der Waals surface area contributed by atoms with Gasteiger partial charge in [-0.25, -0.2) is 4.79 Å². The second kappa shape index (κ2) is 3.99. The van der Waals surface area contributed by atoms with Crippen molar-refractivity contribution in [2.75, 3.05) is 4.90 Å². The molecule has 0 bridgehead atoms. The molecule has 0 aromatic carbocycles. The van der Waals surface area contributed by atoms with Crippen molar-refractivity contribution in [3.8, 4) is 0 Å². The van der Waals surface area contributed by atoms with Gasteiger partial charge in [0.05, 0.1) is 5.56 Å². The van der Waals surface area contributed by atoms with Crippen molar-refractivity contribution in [3.05, 3.63) is 38.3 Å². The minimum Gasteiger partial charge on any atom is -0.421 e. The van der Waals surface area contributed by atoms with Crippen LogP contribution < -0.4 is 16.1 Å². The lowest BCUT2D eigenvalue weighted by atomic mass is 10.1. The minimum atomic E-state index is -0.842. The van der Waals surface area contributed by atoms with Crippen molar-refractivity contribution >= 4 is 11.9 Å². The number of aromatic amines is 1. The highest BCUT2D eigenvalue weighted by molar-refractivity contribution is 5.67. The topological polar surface area (TPSA) is 78.3 Å². The highest BCUT2D eigenvalue weighted by atomic mass is 16.5. The Kier molecular flexibility index (Phi) is 2.65. The van der Waals surface area contributed by atoms with Crippen LogP contribution in [-0.4, -0.2) is 21.0 Å². The Balaban J connectivity index is 2.71. The summed E-state index contributed by atoms with van der Waals surface area (Å²) in [5.74, 6) is 0.401. The molecule has 2 heterocycles. The average molecular weight is 235 g/mol. The highest BCUT2D eigenvalue weighted by Gasteiger charge is 2.20. The van der Waals surface area contributed by atoms with Crippen LogP contribution in [0.3, 0.4) is 0 Å². The summed E-state index contributed by atoms with van der Waals surface area (Å²) in [6.45, 7) is 3.97. The average Bonchev–Trinajstić information content (AvgIpc) is 2.34. The highest BCUT2D eigenvalue weighted by Crippen LogP contribution is 2.21. The molecule has 0 amide bonds. The molecule has 0 saturated heterocycles. The van der Waals surface area contributed by atoms with Crippen LogP contribution in [0, 0.1) is 0 Å². The molecule has 1 atom stereocenters. The van der Waals surface area contributed by atoms with E-state index in [1.54, 1.807) is 11.1 Å². The first kappa shape index (κ1) is 11.3. The molecular weight excluding hydrogens is 222 g/mol. The quantitative estimate of drug-likeness (QED) is 0.578. The van der Waals surface area contributed by atoms with Gasteiger partial charge in [-0.3, -0.25) is 9.78 Å². The van der Waals surface area contributed by atoms with Crippen molar-refractivity contribution in [2.24, 2.45) is 0 Å². The second-order valence-electron chi connectivity index (χ2n) is 3.91. The monoisotopic (exact) mass is 235 g/mol. The zero-order chi connectivity index (χ0) is 12.6. The number of fused-ring (bicyclic) bond motifs is 1. The summed E-state index contributed by atoms with van der Waals surface area (Å²) in [6.07, 6.45) is 3.97. The van der Waals surface area contributed by atoms with Crippen LogP contribution in [0.5, 0.6) is 0 Å². The minimum absolute atomic E-state index is 0.0666. The first-order chi connectivity index (χ1) is 8.06. The van der Waals surface area contributed by atoms with E-state index < -0.39 is 11.2 Å². The second-order valence-corrected chi connectivity index (χ2v) is 3.91. The van der Waals surface area contributed by atoms with Crippen molar-refractivity contribution in [1.29, 1.82) is 0 Å². The fraction of sp³-hybridized carbons (Fsp3) is 0.364. The summed E-state index contributed by atoms with van der Waals surface area (Å²) in [6, 6.07) is 0.125. The van der Waals surface area contributed by atoms with Gasteiger partial charge in [0.15, 0.2) is 0 Å². The number of hydrogen-bond acceptors (Lipinski definition) is 4. The molecule has 1 aliphatic rings. The fourth-order valence-electron chi connectivity index (χ4n) is 1.67. The first-order valence-corrected chi connectivity index (χ1v) is 5.35. The first-order valence-electron chi connectivity index (χ1n) is 5.35.